The quantitative estimate of drug-likeness (QED) is 0.906. The Morgan fingerprint density at radius 1 is 1.33 bits per heavy atom. The third kappa shape index (κ3) is 3.52. The smallest absolute Gasteiger partial charge is 0.366 e. The van der Waals surface area contributed by atoms with Gasteiger partial charge in [0.25, 0.3) is 5.82 Å². The Balaban J connectivity index is 1.79. The zero-order chi connectivity index (χ0) is 17.3. The summed E-state index contributed by atoms with van der Waals surface area (Å²) >= 11 is 0. The summed E-state index contributed by atoms with van der Waals surface area (Å²) < 4.78 is 51.4. The minimum absolute atomic E-state index is 0.0430. The zero-order valence-corrected chi connectivity index (χ0v) is 13.9. The van der Waals surface area contributed by atoms with Crippen molar-refractivity contribution in [3.05, 3.63) is 18.0 Å². The number of nitrogens with one attached hydrogen (secondary N) is 1. The van der Waals surface area contributed by atoms with Crippen LogP contribution in [0.2, 0.25) is 0 Å². The van der Waals surface area contributed by atoms with Crippen molar-refractivity contribution in [3.8, 4) is 0 Å². The molecule has 2 heterocycles. The van der Waals surface area contributed by atoms with Crippen molar-refractivity contribution < 1.29 is 17.4 Å². The van der Waals surface area contributed by atoms with Gasteiger partial charge >= 0.3 is 6.18 Å². The topological polar surface area (TPSA) is 72.2 Å². The first kappa shape index (κ1) is 17.1. The molecule has 2 aromatic rings. The summed E-state index contributed by atoms with van der Waals surface area (Å²) in [6.45, 7) is 1.90. The molecule has 0 aliphatic heterocycles. The van der Waals surface area contributed by atoms with E-state index in [4.69, 9.17) is 0 Å². The van der Waals surface area contributed by atoms with Gasteiger partial charge in [-0.2, -0.15) is 17.7 Å². The largest absolute Gasteiger partial charge is 0.453 e. The highest BCUT2D eigenvalue weighted by Crippen LogP contribution is 2.28. The molecule has 0 saturated heterocycles. The van der Waals surface area contributed by atoms with Crippen LogP contribution in [-0.2, 0) is 17.0 Å². The molecule has 3 atom stereocenters. The van der Waals surface area contributed by atoms with Gasteiger partial charge in [-0.25, -0.2) is 0 Å². The van der Waals surface area contributed by atoms with Crippen LogP contribution in [0.4, 0.5) is 19.0 Å². The van der Waals surface area contributed by atoms with Gasteiger partial charge in [0.05, 0.1) is 0 Å². The van der Waals surface area contributed by atoms with Crippen LogP contribution in [0, 0.1) is 0 Å². The minimum Gasteiger partial charge on any atom is -0.366 e. The molecule has 132 valence electrons. The fourth-order valence-electron chi connectivity index (χ4n) is 3.00. The summed E-state index contributed by atoms with van der Waals surface area (Å²) in [6.07, 6.45) is -1.13. The van der Waals surface area contributed by atoms with E-state index in [-0.39, 0.29) is 16.9 Å². The predicted octanol–water partition coefficient (Wildman–Crippen LogP) is 2.63. The summed E-state index contributed by atoms with van der Waals surface area (Å²) in [6, 6.07) is 3.09. The molecule has 0 spiro atoms. The average Bonchev–Trinajstić information content (AvgIpc) is 2.97. The predicted molar refractivity (Wildman–Crippen MR) is 84.1 cm³/mol. The average molecular weight is 361 g/mol. The van der Waals surface area contributed by atoms with E-state index in [9.17, 15) is 17.4 Å². The lowest BCUT2D eigenvalue weighted by Crippen LogP contribution is -2.33. The van der Waals surface area contributed by atoms with Crippen LogP contribution in [0.5, 0.6) is 0 Å². The molecular weight excluding hydrogens is 343 g/mol. The molecule has 3 unspecified atom stereocenters. The molecule has 1 N–H and O–H groups in total. The molecule has 0 radical (unpaired) electrons. The Morgan fingerprint density at radius 3 is 2.83 bits per heavy atom. The first-order valence-electron chi connectivity index (χ1n) is 7.82. The number of hydrogen-bond acceptors (Lipinski definition) is 5. The second-order valence-corrected chi connectivity index (χ2v) is 7.81. The van der Waals surface area contributed by atoms with Crippen molar-refractivity contribution in [2.45, 2.75) is 50.1 Å². The first-order valence-corrected chi connectivity index (χ1v) is 9.20. The molecule has 2 aromatic heterocycles. The van der Waals surface area contributed by atoms with Crippen molar-refractivity contribution in [2.75, 3.05) is 11.1 Å². The van der Waals surface area contributed by atoms with Gasteiger partial charge in [0, 0.05) is 27.8 Å². The van der Waals surface area contributed by atoms with Crippen LogP contribution < -0.4 is 5.32 Å². The molecule has 3 rings (SSSR count). The molecule has 1 aliphatic rings. The summed E-state index contributed by atoms with van der Waals surface area (Å²) in [4.78, 5) is 0. The van der Waals surface area contributed by atoms with E-state index in [1.807, 2.05) is 6.92 Å². The number of halogens is 3. The highest BCUT2D eigenvalue weighted by atomic mass is 32.2. The van der Waals surface area contributed by atoms with Gasteiger partial charge in [0.2, 0.25) is 0 Å². The third-order valence-electron chi connectivity index (χ3n) is 4.15. The van der Waals surface area contributed by atoms with Gasteiger partial charge in [-0.15, -0.1) is 15.3 Å². The number of rotatable bonds is 4. The third-order valence-corrected chi connectivity index (χ3v) is 5.89. The Morgan fingerprint density at radius 2 is 2.12 bits per heavy atom. The van der Waals surface area contributed by atoms with E-state index < -0.39 is 22.8 Å². The number of nitrogens with zero attached hydrogens (tertiary/aromatic N) is 4. The Hall–Kier alpha value is -1.71. The number of hydrogen-bond donors (Lipinski definition) is 1. The zero-order valence-electron chi connectivity index (χ0n) is 13.1. The highest BCUT2D eigenvalue weighted by molar-refractivity contribution is 7.85. The molecule has 10 heteroatoms. The Labute approximate surface area is 139 Å². The van der Waals surface area contributed by atoms with Crippen LogP contribution in [0.25, 0.3) is 5.65 Å². The second-order valence-electron chi connectivity index (χ2n) is 5.81. The van der Waals surface area contributed by atoms with Crippen LogP contribution in [0.3, 0.4) is 0 Å². The summed E-state index contributed by atoms with van der Waals surface area (Å²) in [5.41, 5.74) is 0.0430. The molecule has 6 nitrogen and oxygen atoms in total. The molecule has 0 amide bonds. The van der Waals surface area contributed by atoms with E-state index in [1.54, 1.807) is 6.07 Å². The molecule has 1 saturated carbocycles. The van der Waals surface area contributed by atoms with E-state index in [0.29, 0.717) is 16.1 Å². The summed E-state index contributed by atoms with van der Waals surface area (Å²) in [7, 11) is -0.858. The Kier molecular flexibility index (Phi) is 4.75. The van der Waals surface area contributed by atoms with Gasteiger partial charge in [-0.3, -0.25) is 4.21 Å². The SMILES string of the molecule is CCS(=O)C1CCCC(Nc2ccc3nnc(C(F)(F)F)n3n2)C1. The van der Waals surface area contributed by atoms with Crippen molar-refractivity contribution in [1.29, 1.82) is 0 Å². The molecule has 1 aliphatic carbocycles. The number of anilines is 1. The van der Waals surface area contributed by atoms with Gasteiger partial charge in [-0.1, -0.05) is 13.3 Å². The van der Waals surface area contributed by atoms with Gasteiger partial charge in [0.15, 0.2) is 5.65 Å². The van der Waals surface area contributed by atoms with Gasteiger partial charge < -0.3 is 5.32 Å². The molecule has 0 aromatic carbocycles. The minimum atomic E-state index is -4.61. The van der Waals surface area contributed by atoms with Crippen LogP contribution in [-0.4, -0.2) is 41.1 Å². The van der Waals surface area contributed by atoms with Gasteiger partial charge in [-0.05, 0) is 31.4 Å². The Bertz CT molecular complexity index is 748. The first-order chi connectivity index (χ1) is 11.4. The summed E-state index contributed by atoms with van der Waals surface area (Å²) in [5, 5.41) is 13.9. The van der Waals surface area contributed by atoms with Crippen molar-refractivity contribution in [2.24, 2.45) is 0 Å². The number of alkyl halides is 3. The highest BCUT2D eigenvalue weighted by Gasteiger charge is 2.37. The van der Waals surface area contributed by atoms with Crippen molar-refractivity contribution in [3.63, 3.8) is 0 Å². The van der Waals surface area contributed by atoms with Crippen molar-refractivity contribution in [1.82, 2.24) is 19.8 Å². The van der Waals surface area contributed by atoms with E-state index >= 15 is 0 Å². The van der Waals surface area contributed by atoms with E-state index in [2.05, 4.69) is 20.6 Å². The number of aromatic nitrogens is 4. The fraction of sp³-hybridized carbons (Fsp3) is 0.643. The van der Waals surface area contributed by atoms with Crippen molar-refractivity contribution >= 4 is 22.3 Å². The van der Waals surface area contributed by atoms with Crippen LogP contribution in [0.15, 0.2) is 12.1 Å². The normalized spacial score (nSPS) is 23.3. The van der Waals surface area contributed by atoms with Crippen LogP contribution >= 0.6 is 0 Å². The number of fused-ring (bicyclic) bond motifs is 1. The maximum absolute atomic E-state index is 12.9. The van der Waals surface area contributed by atoms with Gasteiger partial charge in [0.1, 0.15) is 5.82 Å². The lowest BCUT2D eigenvalue weighted by molar-refractivity contribution is -0.146. The lowest BCUT2D eigenvalue weighted by Gasteiger charge is -2.29. The molecule has 24 heavy (non-hydrogen) atoms. The monoisotopic (exact) mass is 361 g/mol. The van der Waals surface area contributed by atoms with E-state index in [1.165, 1.54) is 6.07 Å². The molecule has 0 bridgehead atoms. The van der Waals surface area contributed by atoms with Crippen LogP contribution in [0.1, 0.15) is 38.4 Å². The molecular formula is C14H18F3N5OS. The fourth-order valence-corrected chi connectivity index (χ4v) is 4.35. The lowest BCUT2D eigenvalue weighted by atomic mass is 9.95. The molecule has 1 fully saturated rings. The standard InChI is InChI=1S/C14H18F3N5OS/c1-2-24(23)10-5-3-4-9(8-10)18-11-6-7-12-19-20-13(14(15,16)17)22(12)21-11/h6-7,9-10H,2-5,8H2,1H3,(H,18,21). The summed E-state index contributed by atoms with van der Waals surface area (Å²) in [5.74, 6) is -0.187. The van der Waals surface area contributed by atoms with E-state index in [0.717, 1.165) is 25.7 Å². The maximum Gasteiger partial charge on any atom is 0.453 e. The second kappa shape index (κ2) is 6.66. The maximum atomic E-state index is 12.9.